The Bertz CT molecular complexity index is 235. The van der Waals surface area contributed by atoms with Gasteiger partial charge in [-0.2, -0.15) is 0 Å². The molecule has 0 amide bonds. The van der Waals surface area contributed by atoms with Gasteiger partial charge in [0.2, 0.25) is 0 Å². The van der Waals surface area contributed by atoms with Gasteiger partial charge >= 0.3 is 0 Å². The van der Waals surface area contributed by atoms with Crippen molar-refractivity contribution in [3.63, 3.8) is 0 Å². The predicted octanol–water partition coefficient (Wildman–Crippen LogP) is 3.96. The van der Waals surface area contributed by atoms with Gasteiger partial charge in [-0.15, -0.1) is 9.24 Å². The highest BCUT2D eigenvalue weighted by Gasteiger charge is 2.54. The highest BCUT2D eigenvalue weighted by Crippen LogP contribution is 2.63. The van der Waals surface area contributed by atoms with Gasteiger partial charge in [0.15, 0.2) is 0 Å². The molecule has 7 unspecified atom stereocenters. The van der Waals surface area contributed by atoms with Gasteiger partial charge in [-0.05, 0) is 73.8 Å². The van der Waals surface area contributed by atoms with Crippen molar-refractivity contribution in [2.75, 3.05) is 6.16 Å². The molecule has 15 heavy (non-hydrogen) atoms. The molecular weight excluding hydrogens is 199 g/mol. The van der Waals surface area contributed by atoms with Crippen LogP contribution in [0.2, 0.25) is 0 Å². The maximum Gasteiger partial charge on any atom is -0.0349 e. The van der Waals surface area contributed by atoms with Gasteiger partial charge in [-0.25, -0.2) is 0 Å². The quantitative estimate of drug-likeness (QED) is 0.636. The van der Waals surface area contributed by atoms with E-state index < -0.39 is 0 Å². The second-order valence-electron chi connectivity index (χ2n) is 6.31. The molecular formula is C14H25P. The summed E-state index contributed by atoms with van der Waals surface area (Å²) < 4.78 is 0. The minimum Gasteiger partial charge on any atom is -0.138 e. The van der Waals surface area contributed by atoms with Gasteiger partial charge < -0.3 is 0 Å². The number of hydrogen-bond donors (Lipinski definition) is 0. The van der Waals surface area contributed by atoms with Gasteiger partial charge in [0.25, 0.3) is 0 Å². The van der Waals surface area contributed by atoms with Crippen LogP contribution in [-0.4, -0.2) is 6.16 Å². The highest BCUT2D eigenvalue weighted by molar-refractivity contribution is 7.16. The topological polar surface area (TPSA) is 0 Å². The van der Waals surface area contributed by atoms with Crippen LogP contribution in [0, 0.1) is 35.5 Å². The van der Waals surface area contributed by atoms with Crippen molar-refractivity contribution < 1.29 is 0 Å². The fourth-order valence-electron chi connectivity index (χ4n) is 5.27. The van der Waals surface area contributed by atoms with E-state index in [4.69, 9.17) is 0 Å². The van der Waals surface area contributed by atoms with Crippen LogP contribution in [-0.2, 0) is 0 Å². The molecule has 0 spiro atoms. The summed E-state index contributed by atoms with van der Waals surface area (Å²) in [5.41, 5.74) is 0. The Morgan fingerprint density at radius 1 is 1.00 bits per heavy atom. The van der Waals surface area contributed by atoms with Gasteiger partial charge in [0.05, 0.1) is 0 Å². The maximum absolute atomic E-state index is 2.92. The van der Waals surface area contributed by atoms with Crippen molar-refractivity contribution in [3.05, 3.63) is 0 Å². The normalized spacial score (nSPS) is 52.4. The van der Waals surface area contributed by atoms with E-state index in [-0.39, 0.29) is 0 Å². The molecule has 3 aliphatic carbocycles. The molecule has 7 atom stereocenters. The Morgan fingerprint density at radius 2 is 1.80 bits per heavy atom. The van der Waals surface area contributed by atoms with E-state index in [1.54, 1.807) is 25.7 Å². The van der Waals surface area contributed by atoms with Gasteiger partial charge in [-0.3, -0.25) is 0 Å². The SMILES string of the molecule is CCC1CC2CC1C1CC(CCP)CC21. The fraction of sp³-hybridized carbons (Fsp3) is 1.00. The molecule has 0 saturated heterocycles. The summed E-state index contributed by atoms with van der Waals surface area (Å²) in [6, 6.07) is 0. The lowest BCUT2D eigenvalue weighted by molar-refractivity contribution is 0.185. The molecule has 3 rings (SSSR count). The molecule has 3 fully saturated rings. The third-order valence-corrected chi connectivity index (χ3v) is 6.13. The van der Waals surface area contributed by atoms with Crippen molar-refractivity contribution in [2.24, 2.45) is 35.5 Å². The van der Waals surface area contributed by atoms with Crippen LogP contribution >= 0.6 is 9.24 Å². The zero-order valence-electron chi connectivity index (χ0n) is 9.99. The third kappa shape index (κ3) is 1.59. The number of rotatable bonds is 3. The van der Waals surface area contributed by atoms with Gasteiger partial charge in [0, 0.05) is 0 Å². The van der Waals surface area contributed by atoms with Crippen molar-refractivity contribution in [2.45, 2.75) is 45.4 Å². The molecule has 2 bridgehead atoms. The van der Waals surface area contributed by atoms with Crippen molar-refractivity contribution >= 4 is 9.24 Å². The lowest BCUT2D eigenvalue weighted by atomic mass is 9.75. The molecule has 0 aromatic rings. The second kappa shape index (κ2) is 4.02. The minimum absolute atomic E-state index is 1.10. The predicted molar refractivity (Wildman–Crippen MR) is 68.9 cm³/mol. The standard InChI is InChI=1S/C14H25P/c1-2-10-7-11-8-13(10)14-6-9(3-4-15)5-12(11)14/h9-14H,2-8,15H2,1H3. The van der Waals surface area contributed by atoms with E-state index in [2.05, 4.69) is 16.2 Å². The highest BCUT2D eigenvalue weighted by atomic mass is 31.0. The molecule has 0 nitrogen and oxygen atoms in total. The first-order valence-corrected chi connectivity index (χ1v) is 7.85. The van der Waals surface area contributed by atoms with Gasteiger partial charge in [-0.1, -0.05) is 13.3 Å². The van der Waals surface area contributed by atoms with Crippen molar-refractivity contribution in [3.8, 4) is 0 Å². The van der Waals surface area contributed by atoms with Crippen LogP contribution in [0.3, 0.4) is 0 Å². The molecule has 0 aromatic heterocycles. The lowest BCUT2D eigenvalue weighted by Gasteiger charge is -2.30. The zero-order valence-corrected chi connectivity index (χ0v) is 11.1. The monoisotopic (exact) mass is 224 g/mol. The van der Waals surface area contributed by atoms with E-state index in [0.717, 1.165) is 29.6 Å². The molecule has 3 saturated carbocycles. The van der Waals surface area contributed by atoms with Gasteiger partial charge in [0.1, 0.15) is 0 Å². The Kier molecular flexibility index (Phi) is 2.84. The lowest BCUT2D eigenvalue weighted by Crippen LogP contribution is -2.23. The molecule has 0 N–H and O–H groups in total. The number of hydrogen-bond acceptors (Lipinski definition) is 0. The Morgan fingerprint density at radius 3 is 2.53 bits per heavy atom. The molecule has 0 heterocycles. The smallest absolute Gasteiger partial charge is 0.0349 e. The van der Waals surface area contributed by atoms with Crippen LogP contribution < -0.4 is 0 Å². The summed E-state index contributed by atoms with van der Waals surface area (Å²) in [5, 5.41) is 0. The molecule has 3 aliphatic rings. The fourth-order valence-corrected chi connectivity index (χ4v) is 5.74. The van der Waals surface area contributed by atoms with E-state index in [1.807, 2.05) is 0 Å². The summed E-state index contributed by atoms with van der Waals surface area (Å²) in [4.78, 5) is 0. The van der Waals surface area contributed by atoms with E-state index >= 15 is 0 Å². The van der Waals surface area contributed by atoms with Crippen LogP contribution in [0.5, 0.6) is 0 Å². The van der Waals surface area contributed by atoms with E-state index in [0.29, 0.717) is 0 Å². The Labute approximate surface area is 96.8 Å². The summed E-state index contributed by atoms with van der Waals surface area (Å²) >= 11 is 0. The van der Waals surface area contributed by atoms with Crippen LogP contribution in [0.25, 0.3) is 0 Å². The van der Waals surface area contributed by atoms with E-state index in [9.17, 15) is 0 Å². The molecule has 1 heteroatoms. The number of fused-ring (bicyclic) bond motifs is 5. The summed E-state index contributed by atoms with van der Waals surface area (Å²) in [5.74, 6) is 6.85. The molecule has 0 radical (unpaired) electrons. The zero-order chi connectivity index (χ0) is 10.4. The van der Waals surface area contributed by atoms with Crippen molar-refractivity contribution in [1.29, 1.82) is 0 Å². The largest absolute Gasteiger partial charge is 0.138 e. The Hall–Kier alpha value is 0.430. The average molecular weight is 224 g/mol. The first kappa shape index (κ1) is 10.6. The summed E-state index contributed by atoms with van der Waals surface area (Å²) in [6.07, 6.45) is 10.7. The summed E-state index contributed by atoms with van der Waals surface area (Å²) in [6.45, 7) is 2.41. The molecule has 0 aromatic carbocycles. The van der Waals surface area contributed by atoms with Crippen LogP contribution in [0.15, 0.2) is 0 Å². The average Bonchev–Trinajstić information content (AvgIpc) is 2.85. The minimum atomic E-state index is 1.10. The summed E-state index contributed by atoms with van der Waals surface area (Å²) in [7, 11) is 2.92. The first-order valence-electron chi connectivity index (χ1n) is 7.03. The first-order chi connectivity index (χ1) is 7.33. The molecule has 0 aliphatic heterocycles. The molecule has 86 valence electrons. The third-order valence-electron chi connectivity index (χ3n) is 5.80. The maximum atomic E-state index is 2.92. The second-order valence-corrected chi connectivity index (χ2v) is 6.88. The van der Waals surface area contributed by atoms with Crippen molar-refractivity contribution in [1.82, 2.24) is 0 Å². The van der Waals surface area contributed by atoms with E-state index in [1.165, 1.54) is 24.9 Å². The Balaban J connectivity index is 1.69. The van der Waals surface area contributed by atoms with Crippen LogP contribution in [0.4, 0.5) is 0 Å². The van der Waals surface area contributed by atoms with Crippen LogP contribution in [0.1, 0.15) is 45.4 Å².